The second-order valence-corrected chi connectivity index (χ2v) is 6.52. The van der Waals surface area contributed by atoms with E-state index in [1.54, 1.807) is 25.2 Å². The third kappa shape index (κ3) is 3.51. The Morgan fingerprint density at radius 3 is 2.68 bits per heavy atom. The molecule has 0 unspecified atom stereocenters. The molecule has 6 nitrogen and oxygen atoms in total. The van der Waals surface area contributed by atoms with Crippen LogP contribution in [0.2, 0.25) is 0 Å². The molecule has 1 fully saturated rings. The van der Waals surface area contributed by atoms with Gasteiger partial charge in [-0.25, -0.2) is 4.39 Å². The van der Waals surface area contributed by atoms with Gasteiger partial charge in [-0.3, -0.25) is 9.48 Å². The number of aromatic nitrogens is 2. The average molecular weight is 347 g/mol. The second-order valence-electron chi connectivity index (χ2n) is 6.52. The van der Waals surface area contributed by atoms with Gasteiger partial charge in [-0.05, 0) is 49.4 Å². The number of benzene rings is 1. The van der Waals surface area contributed by atoms with Crippen LogP contribution in [0.1, 0.15) is 40.6 Å². The molecule has 1 aromatic heterocycles. The van der Waals surface area contributed by atoms with Gasteiger partial charge in [0.15, 0.2) is 11.6 Å². The minimum Gasteiger partial charge on any atom is -0.494 e. The molecule has 0 spiro atoms. The van der Waals surface area contributed by atoms with E-state index in [-0.39, 0.29) is 29.7 Å². The Balaban J connectivity index is 1.86. The van der Waals surface area contributed by atoms with Crippen molar-refractivity contribution in [3.63, 3.8) is 0 Å². The molecule has 1 saturated carbocycles. The topological polar surface area (TPSA) is 76.4 Å². The van der Waals surface area contributed by atoms with Crippen molar-refractivity contribution < 1.29 is 19.0 Å². The minimum absolute atomic E-state index is 0.0565. The lowest BCUT2D eigenvalue weighted by Gasteiger charge is -2.38. The van der Waals surface area contributed by atoms with Crippen molar-refractivity contribution in [2.45, 2.75) is 31.9 Å². The van der Waals surface area contributed by atoms with Gasteiger partial charge in [-0.15, -0.1) is 0 Å². The van der Waals surface area contributed by atoms with Crippen LogP contribution in [-0.2, 0) is 7.05 Å². The summed E-state index contributed by atoms with van der Waals surface area (Å²) in [6.45, 7) is 1.81. The van der Waals surface area contributed by atoms with Gasteiger partial charge < -0.3 is 15.2 Å². The van der Waals surface area contributed by atoms with E-state index in [9.17, 15) is 14.3 Å². The lowest BCUT2D eigenvalue weighted by Crippen LogP contribution is -2.41. The number of halogens is 1. The molecule has 0 saturated heterocycles. The van der Waals surface area contributed by atoms with Gasteiger partial charge >= 0.3 is 0 Å². The van der Waals surface area contributed by atoms with E-state index in [4.69, 9.17) is 4.74 Å². The molecule has 2 aromatic rings. The van der Waals surface area contributed by atoms with Crippen LogP contribution in [0.4, 0.5) is 4.39 Å². The summed E-state index contributed by atoms with van der Waals surface area (Å²) < 4.78 is 20.6. The molecule has 0 bridgehead atoms. The van der Waals surface area contributed by atoms with Crippen LogP contribution >= 0.6 is 0 Å². The van der Waals surface area contributed by atoms with Crippen molar-refractivity contribution in [3.8, 4) is 5.75 Å². The Morgan fingerprint density at radius 1 is 1.44 bits per heavy atom. The highest BCUT2D eigenvalue weighted by Gasteiger charge is 2.36. The fraction of sp³-hybridized carbons (Fsp3) is 0.444. The van der Waals surface area contributed by atoms with E-state index in [1.165, 1.54) is 17.9 Å². The number of aryl methyl sites for hydroxylation is 2. The zero-order chi connectivity index (χ0) is 18.1. The number of methoxy groups -OCH3 is 1. The van der Waals surface area contributed by atoms with Crippen LogP contribution < -0.4 is 10.1 Å². The van der Waals surface area contributed by atoms with E-state index in [0.29, 0.717) is 24.1 Å². The maximum atomic E-state index is 14.1. The predicted molar refractivity (Wildman–Crippen MR) is 89.8 cm³/mol. The van der Waals surface area contributed by atoms with Crippen molar-refractivity contribution in [3.05, 3.63) is 47.0 Å². The quantitative estimate of drug-likeness (QED) is 0.869. The molecular weight excluding hydrogens is 325 g/mol. The van der Waals surface area contributed by atoms with E-state index in [1.807, 2.05) is 6.92 Å². The SMILES string of the molecule is COc1ccc([C@H](NC(=O)c2cc(C)nn2C)C2CC(O)C2)cc1F. The lowest BCUT2D eigenvalue weighted by atomic mass is 9.75. The highest BCUT2D eigenvalue weighted by Crippen LogP contribution is 2.39. The molecule has 1 aliphatic rings. The highest BCUT2D eigenvalue weighted by molar-refractivity contribution is 5.93. The van der Waals surface area contributed by atoms with Crippen LogP contribution in [-0.4, -0.2) is 34.0 Å². The zero-order valence-corrected chi connectivity index (χ0v) is 14.5. The lowest BCUT2D eigenvalue weighted by molar-refractivity contribution is 0.0233. The normalized spacial score (nSPS) is 20.7. The number of carbonyl (C=O) groups is 1. The fourth-order valence-electron chi connectivity index (χ4n) is 3.29. The molecule has 3 rings (SSSR count). The molecule has 1 amide bonds. The second kappa shape index (κ2) is 6.84. The number of ether oxygens (including phenoxy) is 1. The Kier molecular flexibility index (Phi) is 4.76. The van der Waals surface area contributed by atoms with Crippen LogP contribution in [0.3, 0.4) is 0 Å². The first-order chi connectivity index (χ1) is 11.9. The van der Waals surface area contributed by atoms with Gasteiger partial charge in [0.2, 0.25) is 0 Å². The van der Waals surface area contributed by atoms with Gasteiger partial charge in [0.05, 0.1) is 24.9 Å². The summed E-state index contributed by atoms with van der Waals surface area (Å²) in [6.07, 6.45) is 0.776. The Morgan fingerprint density at radius 2 is 2.16 bits per heavy atom. The van der Waals surface area contributed by atoms with E-state index < -0.39 is 5.82 Å². The van der Waals surface area contributed by atoms with Gasteiger partial charge in [0.25, 0.3) is 5.91 Å². The van der Waals surface area contributed by atoms with Crippen molar-refractivity contribution in [2.75, 3.05) is 7.11 Å². The van der Waals surface area contributed by atoms with Crippen LogP contribution in [0.25, 0.3) is 0 Å². The first-order valence-corrected chi connectivity index (χ1v) is 8.22. The minimum atomic E-state index is -0.476. The van der Waals surface area contributed by atoms with Crippen molar-refractivity contribution in [1.29, 1.82) is 0 Å². The highest BCUT2D eigenvalue weighted by atomic mass is 19.1. The van der Waals surface area contributed by atoms with Gasteiger partial charge in [-0.1, -0.05) is 6.07 Å². The number of nitrogens with zero attached hydrogens (tertiary/aromatic N) is 2. The summed E-state index contributed by atoms with van der Waals surface area (Å²) in [5.74, 6) is -0.535. The monoisotopic (exact) mass is 347 g/mol. The molecule has 1 aromatic carbocycles. The first-order valence-electron chi connectivity index (χ1n) is 8.22. The molecular formula is C18H22FN3O3. The molecule has 0 radical (unpaired) electrons. The number of aliphatic hydroxyl groups excluding tert-OH is 1. The first kappa shape index (κ1) is 17.4. The van der Waals surface area contributed by atoms with Crippen LogP contribution in [0.15, 0.2) is 24.3 Å². The Bertz CT molecular complexity index is 784. The number of rotatable bonds is 5. The van der Waals surface area contributed by atoms with E-state index in [2.05, 4.69) is 10.4 Å². The molecule has 1 aliphatic carbocycles. The fourth-order valence-corrected chi connectivity index (χ4v) is 3.29. The Hall–Kier alpha value is -2.41. The summed E-state index contributed by atoms with van der Waals surface area (Å²) in [5.41, 5.74) is 1.84. The van der Waals surface area contributed by atoms with Gasteiger partial charge in [0.1, 0.15) is 5.69 Å². The smallest absolute Gasteiger partial charge is 0.270 e. The molecule has 1 atom stereocenters. The summed E-state index contributed by atoms with van der Waals surface area (Å²) in [7, 11) is 3.11. The van der Waals surface area contributed by atoms with E-state index >= 15 is 0 Å². The molecule has 134 valence electrons. The number of aliphatic hydroxyl groups is 1. The van der Waals surface area contributed by atoms with E-state index in [0.717, 1.165) is 5.69 Å². The molecule has 2 N–H and O–H groups in total. The van der Waals surface area contributed by atoms with Gasteiger partial charge in [-0.2, -0.15) is 5.10 Å². The molecule has 0 aliphatic heterocycles. The number of carbonyl (C=O) groups excluding carboxylic acids is 1. The van der Waals surface area contributed by atoms with Gasteiger partial charge in [0, 0.05) is 7.05 Å². The number of nitrogens with one attached hydrogen (secondary N) is 1. The zero-order valence-electron chi connectivity index (χ0n) is 14.5. The molecule has 1 heterocycles. The average Bonchev–Trinajstić information content (AvgIpc) is 2.88. The molecule has 7 heteroatoms. The maximum absolute atomic E-state index is 14.1. The standard InChI is InChI=1S/C18H22FN3O3/c1-10-6-15(22(2)21-10)18(24)20-17(12-7-13(23)8-12)11-4-5-16(25-3)14(19)9-11/h4-6,9,12-13,17,23H,7-8H2,1-3H3,(H,20,24)/t12?,13?,17-/m0/s1. The largest absolute Gasteiger partial charge is 0.494 e. The predicted octanol–water partition coefficient (Wildman–Crippen LogP) is 2.12. The summed E-state index contributed by atoms with van der Waals surface area (Å²) in [4.78, 5) is 12.6. The third-order valence-electron chi connectivity index (χ3n) is 4.68. The summed E-state index contributed by atoms with van der Waals surface area (Å²) >= 11 is 0. The Labute approximate surface area is 145 Å². The number of hydrogen-bond donors (Lipinski definition) is 2. The third-order valence-corrected chi connectivity index (χ3v) is 4.68. The maximum Gasteiger partial charge on any atom is 0.270 e. The van der Waals surface area contributed by atoms with Crippen molar-refractivity contribution >= 4 is 5.91 Å². The number of amides is 1. The summed E-state index contributed by atoms with van der Waals surface area (Å²) in [6, 6.07) is 5.99. The summed E-state index contributed by atoms with van der Waals surface area (Å²) in [5, 5.41) is 16.8. The van der Waals surface area contributed by atoms with Crippen molar-refractivity contribution in [1.82, 2.24) is 15.1 Å². The van der Waals surface area contributed by atoms with Crippen molar-refractivity contribution in [2.24, 2.45) is 13.0 Å². The molecule has 25 heavy (non-hydrogen) atoms. The van der Waals surface area contributed by atoms with Crippen LogP contribution in [0, 0.1) is 18.7 Å². The van der Waals surface area contributed by atoms with Crippen LogP contribution in [0.5, 0.6) is 5.75 Å². The number of hydrogen-bond acceptors (Lipinski definition) is 4.